The van der Waals surface area contributed by atoms with E-state index in [0.717, 1.165) is 29.8 Å². The van der Waals surface area contributed by atoms with E-state index in [1.54, 1.807) is 0 Å². The van der Waals surface area contributed by atoms with Crippen LogP contribution >= 0.6 is 0 Å². The molecule has 0 rings (SSSR count). The van der Waals surface area contributed by atoms with Gasteiger partial charge in [-0.25, -0.2) is 0 Å². The van der Waals surface area contributed by atoms with Crippen molar-refractivity contribution in [2.75, 3.05) is 0 Å². The summed E-state index contributed by atoms with van der Waals surface area (Å²) in [7, 11) is -6.30. The smallest absolute Gasteiger partial charge is 2.00 e. The summed E-state index contributed by atoms with van der Waals surface area (Å²) < 4.78 is 0. The Morgan fingerprint density at radius 1 is 0.500 bits per heavy atom. The summed E-state index contributed by atoms with van der Waals surface area (Å²) in [6.45, 7) is 0. The molecule has 0 aliphatic heterocycles. The fourth-order valence-corrected chi connectivity index (χ4v) is 1.17. The Bertz CT molecular complexity index is 392. The van der Waals surface area contributed by atoms with Crippen LogP contribution in [0.5, 0.6) is 0 Å². The van der Waals surface area contributed by atoms with Crippen LogP contribution in [-0.2, 0) is 27.8 Å². The zero-order chi connectivity index (χ0) is 10.7. The van der Waals surface area contributed by atoms with Crippen molar-refractivity contribution in [2.45, 2.75) is 0 Å². The molecule has 14 heavy (non-hydrogen) atoms. The first-order valence-corrected chi connectivity index (χ1v) is 6.02. The minimum Gasteiger partial charge on any atom is 2.00 e. The standard InChI is InChI=1S/6CN.Cu.Mn/c6*1-2;;/q;;;;;;+2;-2. The second-order valence-electron chi connectivity index (χ2n) is 1.92. The van der Waals surface area contributed by atoms with Gasteiger partial charge in [0.25, 0.3) is 0 Å². The molecule has 0 spiro atoms. The minimum atomic E-state index is -6.30. The topological polar surface area (TPSA) is 143 Å². The monoisotopic (exact) mass is 274 g/mol. The number of nitriles is 6. The Labute approximate surface area is 89.2 Å². The van der Waals surface area contributed by atoms with Gasteiger partial charge >= 0.3 is 89.2 Å². The molecule has 0 fully saturated rings. The molecule has 0 aromatic rings. The molecular formula is C6CuMnN6. The summed E-state index contributed by atoms with van der Waals surface area (Å²) >= 11 is 0. The van der Waals surface area contributed by atoms with Crippen molar-refractivity contribution in [1.29, 1.82) is 31.6 Å². The summed E-state index contributed by atoms with van der Waals surface area (Å²) in [4.78, 5) is 6.25. The van der Waals surface area contributed by atoms with E-state index >= 15 is 0 Å². The third kappa shape index (κ3) is 1.03. The van der Waals surface area contributed by atoms with Crippen LogP contribution in [0.3, 0.4) is 0 Å². The number of hydrogen-bond acceptors (Lipinski definition) is 6. The van der Waals surface area contributed by atoms with Crippen molar-refractivity contribution >= 4 is 0 Å². The van der Waals surface area contributed by atoms with E-state index in [2.05, 4.69) is 0 Å². The van der Waals surface area contributed by atoms with Gasteiger partial charge in [-0.05, 0) is 0 Å². The van der Waals surface area contributed by atoms with Gasteiger partial charge in [0.05, 0.1) is 0 Å². The SMILES string of the molecule is N#[C][Mn-2]([C]#N)([C]#N)([C]#N)([C]#N)[C]#N.[Cu+2]. The van der Waals surface area contributed by atoms with Crippen molar-refractivity contribution in [3.63, 3.8) is 0 Å². The molecule has 0 amide bonds. The summed E-state index contributed by atoms with van der Waals surface area (Å²) in [6, 6.07) is 0. The van der Waals surface area contributed by atoms with E-state index in [-0.39, 0.29) is 17.1 Å². The molecule has 0 heterocycles. The van der Waals surface area contributed by atoms with E-state index < -0.39 is 10.7 Å². The maximum Gasteiger partial charge on any atom is 2.00 e. The molecule has 1 radical (unpaired) electrons. The Hall–Kier alpha value is -2.02. The van der Waals surface area contributed by atoms with E-state index in [1.807, 2.05) is 0 Å². The van der Waals surface area contributed by atoms with Crippen LogP contribution < -0.4 is 0 Å². The normalized spacial score (nSPS) is 12.4. The van der Waals surface area contributed by atoms with E-state index in [4.69, 9.17) is 31.6 Å². The van der Waals surface area contributed by atoms with Gasteiger partial charge in [0.1, 0.15) is 0 Å². The first kappa shape index (κ1) is 14.5. The van der Waals surface area contributed by atoms with Crippen LogP contribution in [0, 0.1) is 61.4 Å². The molecule has 0 aliphatic carbocycles. The van der Waals surface area contributed by atoms with Gasteiger partial charge in [0, 0.05) is 0 Å². The second-order valence-corrected chi connectivity index (χ2v) is 7.93. The predicted octanol–water partition coefficient (Wildman–Crippen LogP) is 0.0957. The fourth-order valence-electron chi connectivity index (χ4n) is 0.283. The van der Waals surface area contributed by atoms with Gasteiger partial charge in [0.15, 0.2) is 0 Å². The Balaban J connectivity index is 0. The fraction of sp³-hybridized carbons (Fsp3) is 0. The summed E-state index contributed by atoms with van der Waals surface area (Å²) in [5.41, 5.74) is 0. The quantitative estimate of drug-likeness (QED) is 0.573. The van der Waals surface area contributed by atoms with Gasteiger partial charge in [-0.1, -0.05) is 0 Å². The summed E-state index contributed by atoms with van der Waals surface area (Å²) in [5.74, 6) is 0. The molecule has 0 aromatic heterocycles. The van der Waals surface area contributed by atoms with Gasteiger partial charge in [-0.2, -0.15) is 0 Å². The van der Waals surface area contributed by atoms with Crippen LogP contribution in [0.15, 0.2) is 0 Å². The van der Waals surface area contributed by atoms with Crippen molar-refractivity contribution in [3.05, 3.63) is 0 Å². The first-order chi connectivity index (χ1) is 5.97. The molecule has 0 atom stereocenters. The Morgan fingerprint density at radius 2 is 0.643 bits per heavy atom. The molecular weight excluding hydrogens is 275 g/mol. The zero-order valence-corrected chi connectivity index (χ0v) is 8.48. The average molecular weight is 275 g/mol. The molecule has 0 saturated carbocycles. The summed E-state index contributed by atoms with van der Waals surface area (Å²) in [5, 5.41) is 51.5. The summed E-state index contributed by atoms with van der Waals surface area (Å²) in [6.07, 6.45) is 0. The van der Waals surface area contributed by atoms with Crippen molar-refractivity contribution in [2.24, 2.45) is 0 Å². The van der Waals surface area contributed by atoms with E-state index in [0.29, 0.717) is 0 Å². The van der Waals surface area contributed by atoms with Gasteiger partial charge < -0.3 is 0 Å². The Kier molecular flexibility index (Phi) is 3.14. The number of hydrogen-bond donors (Lipinski definition) is 0. The molecule has 0 unspecified atom stereocenters. The molecule has 0 aromatic carbocycles. The second kappa shape index (κ2) is 3.04. The predicted molar refractivity (Wildman–Crippen MR) is 33.7 cm³/mol. The van der Waals surface area contributed by atoms with Crippen LogP contribution in [0.4, 0.5) is 0 Å². The molecule has 0 N–H and O–H groups in total. The van der Waals surface area contributed by atoms with Crippen molar-refractivity contribution in [3.8, 4) is 29.8 Å². The average Bonchev–Trinajstić information content (AvgIpc) is 2.26. The number of rotatable bonds is 0. The molecule has 0 aliphatic rings. The van der Waals surface area contributed by atoms with E-state index in [1.165, 1.54) is 0 Å². The molecule has 6 nitrogen and oxygen atoms in total. The number of nitrogens with zero attached hydrogens (tertiary/aromatic N) is 6. The third-order valence-electron chi connectivity index (χ3n) is 1.27. The first-order valence-electron chi connectivity index (χ1n) is 2.48. The molecule has 0 saturated heterocycles. The molecule has 72 valence electrons. The van der Waals surface area contributed by atoms with Gasteiger partial charge in [-0.3, -0.25) is 0 Å². The van der Waals surface area contributed by atoms with Gasteiger partial charge in [-0.15, -0.1) is 0 Å². The van der Waals surface area contributed by atoms with Crippen molar-refractivity contribution < 1.29 is 27.8 Å². The van der Waals surface area contributed by atoms with Crippen LogP contribution in [-0.4, -0.2) is 0 Å². The van der Waals surface area contributed by atoms with E-state index in [9.17, 15) is 0 Å². The van der Waals surface area contributed by atoms with Crippen LogP contribution in [0.1, 0.15) is 0 Å². The maximum absolute atomic E-state index is 8.58. The maximum atomic E-state index is 8.58. The molecule has 0 bridgehead atoms. The zero-order valence-electron chi connectivity index (χ0n) is 6.36. The van der Waals surface area contributed by atoms with Crippen LogP contribution in [0.25, 0.3) is 0 Å². The van der Waals surface area contributed by atoms with Gasteiger partial charge in [0.2, 0.25) is 0 Å². The Morgan fingerprint density at radius 3 is 0.643 bits per heavy atom. The third-order valence-corrected chi connectivity index (χ3v) is 5.23. The molecule has 8 heteroatoms. The minimum absolute atomic E-state index is 0. The largest absolute Gasteiger partial charge is 2.00 e. The van der Waals surface area contributed by atoms with Crippen LogP contribution in [0.2, 0.25) is 0 Å². The van der Waals surface area contributed by atoms with Crippen molar-refractivity contribution in [1.82, 2.24) is 0 Å².